The summed E-state index contributed by atoms with van der Waals surface area (Å²) in [5, 5.41) is 1.04. The molecule has 2 unspecified atom stereocenters. The number of rotatable bonds is 5. The van der Waals surface area contributed by atoms with Gasteiger partial charge in [-0.2, -0.15) is 11.8 Å². The zero-order valence-electron chi connectivity index (χ0n) is 9.44. The second kappa shape index (κ2) is 7.41. The number of hydrogen-bond acceptors (Lipinski definition) is 4. The van der Waals surface area contributed by atoms with E-state index >= 15 is 0 Å². The smallest absolute Gasteiger partial charge is 0.108 e. The van der Waals surface area contributed by atoms with Gasteiger partial charge < -0.3 is 10.5 Å². The van der Waals surface area contributed by atoms with Gasteiger partial charge in [-0.15, -0.1) is 11.8 Å². The first-order valence-electron chi connectivity index (χ1n) is 5.31. The molecule has 2 N–H and O–H groups in total. The Balaban J connectivity index is 2.47. The molecule has 0 aliphatic carbocycles. The van der Waals surface area contributed by atoms with Crippen LogP contribution < -0.4 is 5.73 Å². The Kier molecular flexibility index (Phi) is 6.52. The van der Waals surface area contributed by atoms with Gasteiger partial charge in [0.05, 0.1) is 18.4 Å². The Hall–Kier alpha value is 0.130. The van der Waals surface area contributed by atoms with Gasteiger partial charge in [0.25, 0.3) is 0 Å². The van der Waals surface area contributed by atoms with Crippen LogP contribution in [0.3, 0.4) is 0 Å². The second-order valence-corrected chi connectivity index (χ2v) is 6.00. The molecule has 1 fully saturated rings. The van der Waals surface area contributed by atoms with Crippen LogP contribution in [0, 0.1) is 0 Å². The lowest BCUT2D eigenvalue weighted by atomic mass is 10.2. The highest BCUT2D eigenvalue weighted by atomic mass is 32.2. The lowest BCUT2D eigenvalue weighted by Crippen LogP contribution is -2.38. The molecule has 3 nitrogen and oxygen atoms in total. The fourth-order valence-corrected chi connectivity index (χ4v) is 4.53. The van der Waals surface area contributed by atoms with Crippen molar-refractivity contribution in [3.8, 4) is 0 Å². The van der Waals surface area contributed by atoms with Crippen LogP contribution in [0.2, 0.25) is 0 Å². The van der Waals surface area contributed by atoms with Crippen LogP contribution >= 0.6 is 23.5 Å². The number of aliphatic imine (C=N–C) groups is 1. The molecule has 0 radical (unpaired) electrons. The predicted octanol–water partition coefficient (Wildman–Crippen LogP) is 1.62. The Morgan fingerprint density at radius 3 is 2.87 bits per heavy atom. The Morgan fingerprint density at radius 1 is 1.47 bits per heavy atom. The molecule has 0 aromatic rings. The third-order valence-electron chi connectivity index (χ3n) is 2.33. The van der Waals surface area contributed by atoms with E-state index in [2.05, 4.69) is 11.9 Å². The summed E-state index contributed by atoms with van der Waals surface area (Å²) >= 11 is 3.97. The molecule has 1 heterocycles. The molecule has 1 aliphatic heterocycles. The summed E-state index contributed by atoms with van der Waals surface area (Å²) in [6.45, 7) is 3.56. The van der Waals surface area contributed by atoms with Gasteiger partial charge in [0, 0.05) is 23.9 Å². The van der Waals surface area contributed by atoms with Crippen LogP contribution in [0.4, 0.5) is 0 Å². The summed E-state index contributed by atoms with van der Waals surface area (Å²) in [5.74, 6) is 3.23. The van der Waals surface area contributed by atoms with Gasteiger partial charge in [0.1, 0.15) is 5.84 Å². The molecule has 1 saturated heterocycles. The molecule has 1 rings (SSSR count). The molecule has 0 amide bonds. The highest BCUT2D eigenvalue weighted by Crippen LogP contribution is 2.33. The van der Waals surface area contributed by atoms with Gasteiger partial charge in [-0.25, -0.2) is 0 Å². The molecule has 2 atom stereocenters. The number of amidine groups is 1. The minimum atomic E-state index is 0.408. The first-order valence-corrected chi connectivity index (χ1v) is 7.41. The van der Waals surface area contributed by atoms with Crippen LogP contribution in [0.25, 0.3) is 0 Å². The lowest BCUT2D eigenvalue weighted by molar-refractivity contribution is 0.208. The van der Waals surface area contributed by atoms with Crippen LogP contribution in [-0.2, 0) is 4.74 Å². The topological polar surface area (TPSA) is 47.6 Å². The maximum absolute atomic E-state index is 6.02. The van der Waals surface area contributed by atoms with Crippen LogP contribution in [0.1, 0.15) is 13.3 Å². The maximum Gasteiger partial charge on any atom is 0.108 e. The number of nitrogens with zero attached hydrogens (tertiary/aromatic N) is 1. The third kappa shape index (κ3) is 4.25. The minimum absolute atomic E-state index is 0.408. The number of hydrogen-bond donors (Lipinski definition) is 1. The zero-order chi connectivity index (χ0) is 11.1. The van der Waals surface area contributed by atoms with E-state index in [1.165, 1.54) is 17.9 Å². The zero-order valence-corrected chi connectivity index (χ0v) is 11.1. The van der Waals surface area contributed by atoms with E-state index in [0.29, 0.717) is 23.7 Å². The van der Waals surface area contributed by atoms with Crippen molar-refractivity contribution in [1.82, 2.24) is 0 Å². The Bertz CT molecular complexity index is 212. The largest absolute Gasteiger partial charge is 0.387 e. The minimum Gasteiger partial charge on any atom is -0.387 e. The van der Waals surface area contributed by atoms with Crippen LogP contribution in [0.5, 0.6) is 0 Å². The van der Waals surface area contributed by atoms with Crippen molar-refractivity contribution in [1.29, 1.82) is 0 Å². The van der Waals surface area contributed by atoms with Gasteiger partial charge in [0.15, 0.2) is 0 Å². The number of nitrogens with two attached hydrogens (primary N) is 1. The van der Waals surface area contributed by atoms with E-state index in [4.69, 9.17) is 10.5 Å². The summed E-state index contributed by atoms with van der Waals surface area (Å²) in [7, 11) is 1.69. The molecule has 1 aliphatic rings. The van der Waals surface area contributed by atoms with Crippen LogP contribution in [0.15, 0.2) is 4.99 Å². The summed E-state index contributed by atoms with van der Waals surface area (Å²) in [6, 6.07) is 0. The highest BCUT2D eigenvalue weighted by Gasteiger charge is 2.27. The lowest BCUT2D eigenvalue weighted by Gasteiger charge is -2.29. The van der Waals surface area contributed by atoms with Gasteiger partial charge >= 0.3 is 0 Å². The van der Waals surface area contributed by atoms with Crippen molar-refractivity contribution >= 4 is 29.4 Å². The molecular formula is C10H20N2OS2. The Labute approximate surface area is 101 Å². The standard InChI is InChI=1S/C10H20N2OS2/c1-3-8-9(15-7-6-14-8)10(11)12-4-5-13-2/h8-9H,3-7H2,1-2H3,(H2,11,12). The number of ether oxygens (including phenoxy) is 1. The van der Waals surface area contributed by atoms with Crippen molar-refractivity contribution in [2.24, 2.45) is 10.7 Å². The molecule has 88 valence electrons. The van der Waals surface area contributed by atoms with Gasteiger partial charge in [-0.3, -0.25) is 4.99 Å². The van der Waals surface area contributed by atoms with E-state index in [0.717, 1.165) is 5.84 Å². The second-order valence-electron chi connectivity index (χ2n) is 3.41. The van der Waals surface area contributed by atoms with E-state index in [-0.39, 0.29) is 0 Å². The fourth-order valence-electron chi connectivity index (χ4n) is 1.53. The molecule has 0 spiro atoms. The van der Waals surface area contributed by atoms with E-state index in [1.807, 2.05) is 23.5 Å². The monoisotopic (exact) mass is 248 g/mol. The van der Waals surface area contributed by atoms with Crippen LogP contribution in [-0.4, -0.2) is 48.1 Å². The van der Waals surface area contributed by atoms with Crippen molar-refractivity contribution < 1.29 is 4.74 Å². The van der Waals surface area contributed by atoms with E-state index in [1.54, 1.807) is 7.11 Å². The molecular weight excluding hydrogens is 228 g/mol. The summed E-state index contributed by atoms with van der Waals surface area (Å²) in [6.07, 6.45) is 1.17. The molecule has 0 aromatic heterocycles. The van der Waals surface area contributed by atoms with Crippen molar-refractivity contribution in [2.75, 3.05) is 31.8 Å². The quantitative estimate of drug-likeness (QED) is 0.456. The average Bonchev–Trinajstić information content (AvgIpc) is 2.29. The van der Waals surface area contributed by atoms with Crippen molar-refractivity contribution in [2.45, 2.75) is 23.8 Å². The molecule has 0 aromatic carbocycles. The summed E-state index contributed by atoms with van der Waals surface area (Å²) in [5.41, 5.74) is 6.02. The molecule has 5 heteroatoms. The first-order chi connectivity index (χ1) is 7.29. The molecule has 15 heavy (non-hydrogen) atoms. The summed E-state index contributed by atoms with van der Waals surface area (Å²) in [4.78, 5) is 4.37. The van der Waals surface area contributed by atoms with E-state index < -0.39 is 0 Å². The highest BCUT2D eigenvalue weighted by molar-refractivity contribution is 8.07. The van der Waals surface area contributed by atoms with Crippen molar-refractivity contribution in [3.63, 3.8) is 0 Å². The predicted molar refractivity (Wildman–Crippen MR) is 71.1 cm³/mol. The third-order valence-corrected chi connectivity index (χ3v) is 5.61. The van der Waals surface area contributed by atoms with Gasteiger partial charge in [-0.1, -0.05) is 6.92 Å². The normalized spacial score (nSPS) is 28.0. The molecule has 0 bridgehead atoms. The summed E-state index contributed by atoms with van der Waals surface area (Å²) < 4.78 is 4.96. The van der Waals surface area contributed by atoms with E-state index in [9.17, 15) is 0 Å². The first kappa shape index (κ1) is 13.2. The number of methoxy groups -OCH3 is 1. The Morgan fingerprint density at radius 2 is 2.20 bits per heavy atom. The SMILES string of the molecule is CCC1SCCSC1C(N)=NCCOC. The van der Waals surface area contributed by atoms with Crippen molar-refractivity contribution in [3.05, 3.63) is 0 Å². The fraction of sp³-hybridized carbons (Fsp3) is 0.900. The van der Waals surface area contributed by atoms with Gasteiger partial charge in [0.2, 0.25) is 0 Å². The maximum atomic E-state index is 6.02. The average molecular weight is 248 g/mol. The van der Waals surface area contributed by atoms with Gasteiger partial charge in [-0.05, 0) is 6.42 Å². The molecule has 0 saturated carbocycles. The number of thioether (sulfide) groups is 2.